The summed E-state index contributed by atoms with van der Waals surface area (Å²) in [5.74, 6) is 7.30. The van der Waals surface area contributed by atoms with Crippen molar-refractivity contribution in [3.8, 4) is 11.5 Å². The van der Waals surface area contributed by atoms with Crippen molar-refractivity contribution in [2.45, 2.75) is 25.8 Å². The van der Waals surface area contributed by atoms with Crippen LogP contribution in [0.3, 0.4) is 0 Å². The summed E-state index contributed by atoms with van der Waals surface area (Å²) in [6.07, 6.45) is 2.38. The molecule has 4 nitrogen and oxygen atoms in total. The highest BCUT2D eigenvalue weighted by atomic mass is 16.5. The number of benzene rings is 1. The van der Waals surface area contributed by atoms with Gasteiger partial charge in [0.15, 0.2) is 0 Å². The van der Waals surface area contributed by atoms with Gasteiger partial charge in [0, 0.05) is 11.6 Å². The van der Waals surface area contributed by atoms with E-state index in [1.807, 2.05) is 18.2 Å². The van der Waals surface area contributed by atoms with Crippen LogP contribution < -0.4 is 20.7 Å². The molecule has 0 aliphatic heterocycles. The lowest BCUT2D eigenvalue weighted by Crippen LogP contribution is -2.33. The molecule has 4 heteroatoms. The van der Waals surface area contributed by atoms with E-state index in [1.54, 1.807) is 14.2 Å². The molecule has 0 heterocycles. The molecular formula is C13H20N2O2. The number of hydrazine groups is 1. The van der Waals surface area contributed by atoms with Gasteiger partial charge in [-0.3, -0.25) is 11.3 Å². The van der Waals surface area contributed by atoms with Crippen LogP contribution in [0.2, 0.25) is 0 Å². The zero-order valence-electron chi connectivity index (χ0n) is 10.6. The fourth-order valence-electron chi connectivity index (χ4n) is 2.21. The van der Waals surface area contributed by atoms with Crippen LogP contribution in [0.15, 0.2) is 18.2 Å². The Morgan fingerprint density at radius 1 is 1.29 bits per heavy atom. The summed E-state index contributed by atoms with van der Waals surface area (Å²) in [4.78, 5) is 0. The maximum Gasteiger partial charge on any atom is 0.127 e. The van der Waals surface area contributed by atoms with Gasteiger partial charge in [-0.2, -0.15) is 0 Å². The van der Waals surface area contributed by atoms with Gasteiger partial charge in [-0.1, -0.05) is 6.92 Å². The Bertz CT molecular complexity index is 402. The molecule has 94 valence electrons. The van der Waals surface area contributed by atoms with E-state index in [1.165, 1.54) is 12.8 Å². The van der Waals surface area contributed by atoms with Crippen LogP contribution in [0.25, 0.3) is 0 Å². The van der Waals surface area contributed by atoms with E-state index in [2.05, 4.69) is 12.3 Å². The molecule has 17 heavy (non-hydrogen) atoms. The lowest BCUT2D eigenvalue weighted by Gasteiger charge is -2.25. The van der Waals surface area contributed by atoms with Crippen LogP contribution in [0.5, 0.6) is 11.5 Å². The topological polar surface area (TPSA) is 56.5 Å². The molecule has 0 amide bonds. The number of rotatable bonds is 5. The van der Waals surface area contributed by atoms with E-state index in [4.69, 9.17) is 15.3 Å². The highest BCUT2D eigenvalue weighted by molar-refractivity contribution is 5.43. The Hall–Kier alpha value is -1.26. The number of hydrogen-bond acceptors (Lipinski definition) is 4. The maximum atomic E-state index is 5.69. The van der Waals surface area contributed by atoms with E-state index < -0.39 is 0 Å². The van der Waals surface area contributed by atoms with Gasteiger partial charge in [-0.25, -0.2) is 0 Å². The van der Waals surface area contributed by atoms with E-state index in [9.17, 15) is 0 Å². The molecule has 0 bridgehead atoms. The molecule has 0 aromatic heterocycles. The molecule has 1 aliphatic carbocycles. The minimum atomic E-state index is 0.128. The minimum Gasteiger partial charge on any atom is -0.497 e. The van der Waals surface area contributed by atoms with E-state index in [0.29, 0.717) is 0 Å². The second-order valence-corrected chi connectivity index (χ2v) is 4.86. The third-order valence-corrected chi connectivity index (χ3v) is 3.65. The Balaban J connectivity index is 2.36. The quantitative estimate of drug-likeness (QED) is 0.606. The van der Waals surface area contributed by atoms with Gasteiger partial charge in [0.2, 0.25) is 0 Å². The van der Waals surface area contributed by atoms with Crippen molar-refractivity contribution >= 4 is 0 Å². The van der Waals surface area contributed by atoms with Crippen LogP contribution in [-0.4, -0.2) is 14.2 Å². The first-order valence-electron chi connectivity index (χ1n) is 5.82. The Kier molecular flexibility index (Phi) is 3.26. The molecule has 1 saturated carbocycles. The Labute approximate surface area is 102 Å². The van der Waals surface area contributed by atoms with Gasteiger partial charge in [-0.15, -0.1) is 0 Å². The molecule has 3 N–H and O–H groups in total. The summed E-state index contributed by atoms with van der Waals surface area (Å²) in [7, 11) is 3.32. The number of nitrogens with one attached hydrogen (secondary N) is 1. The Morgan fingerprint density at radius 3 is 2.47 bits per heavy atom. The molecule has 1 unspecified atom stereocenters. The molecule has 1 aromatic carbocycles. The Morgan fingerprint density at radius 2 is 2.00 bits per heavy atom. The van der Waals surface area contributed by atoms with Crippen LogP contribution in [0, 0.1) is 5.41 Å². The fraction of sp³-hybridized carbons (Fsp3) is 0.538. The zero-order valence-corrected chi connectivity index (χ0v) is 10.6. The van der Waals surface area contributed by atoms with Crippen LogP contribution >= 0.6 is 0 Å². The van der Waals surface area contributed by atoms with Gasteiger partial charge >= 0.3 is 0 Å². The smallest absolute Gasteiger partial charge is 0.127 e. The van der Waals surface area contributed by atoms with Crippen molar-refractivity contribution in [2.75, 3.05) is 14.2 Å². The van der Waals surface area contributed by atoms with Crippen molar-refractivity contribution in [3.63, 3.8) is 0 Å². The second kappa shape index (κ2) is 4.55. The molecule has 1 atom stereocenters. The SMILES string of the molecule is COc1ccc(C(NN)C2(C)CC2)c(OC)c1. The molecule has 0 spiro atoms. The highest BCUT2D eigenvalue weighted by Crippen LogP contribution is 2.55. The minimum absolute atomic E-state index is 0.128. The summed E-state index contributed by atoms with van der Waals surface area (Å²) < 4.78 is 10.6. The summed E-state index contributed by atoms with van der Waals surface area (Å²) in [5.41, 5.74) is 4.25. The van der Waals surface area contributed by atoms with Crippen LogP contribution in [0.4, 0.5) is 0 Å². The normalized spacial score (nSPS) is 18.6. The van der Waals surface area contributed by atoms with Gasteiger partial charge in [0.25, 0.3) is 0 Å². The molecular weight excluding hydrogens is 216 g/mol. The first kappa shape index (κ1) is 12.2. The van der Waals surface area contributed by atoms with Crippen molar-refractivity contribution < 1.29 is 9.47 Å². The van der Waals surface area contributed by atoms with E-state index >= 15 is 0 Å². The van der Waals surface area contributed by atoms with Gasteiger partial charge in [-0.05, 0) is 30.4 Å². The summed E-state index contributed by atoms with van der Waals surface area (Å²) in [6.45, 7) is 2.24. The van der Waals surface area contributed by atoms with Gasteiger partial charge in [0.05, 0.1) is 20.3 Å². The number of hydrogen-bond donors (Lipinski definition) is 2. The third-order valence-electron chi connectivity index (χ3n) is 3.65. The molecule has 0 radical (unpaired) electrons. The third kappa shape index (κ3) is 2.23. The average molecular weight is 236 g/mol. The molecule has 1 aromatic rings. The lowest BCUT2D eigenvalue weighted by atomic mass is 9.91. The largest absolute Gasteiger partial charge is 0.497 e. The molecule has 2 rings (SSSR count). The van der Waals surface area contributed by atoms with Crippen molar-refractivity contribution in [2.24, 2.45) is 11.3 Å². The lowest BCUT2D eigenvalue weighted by molar-refractivity contribution is 0.343. The highest BCUT2D eigenvalue weighted by Gasteiger charge is 2.46. The fourth-order valence-corrected chi connectivity index (χ4v) is 2.21. The molecule has 0 saturated heterocycles. The maximum absolute atomic E-state index is 5.69. The van der Waals surface area contributed by atoms with E-state index in [0.717, 1.165) is 17.1 Å². The molecule has 1 fully saturated rings. The van der Waals surface area contributed by atoms with Crippen LogP contribution in [-0.2, 0) is 0 Å². The van der Waals surface area contributed by atoms with Crippen LogP contribution in [0.1, 0.15) is 31.4 Å². The predicted molar refractivity (Wildman–Crippen MR) is 67.0 cm³/mol. The van der Waals surface area contributed by atoms with Gasteiger partial charge < -0.3 is 9.47 Å². The first-order valence-corrected chi connectivity index (χ1v) is 5.82. The average Bonchev–Trinajstić information content (AvgIpc) is 3.09. The summed E-state index contributed by atoms with van der Waals surface area (Å²) in [5, 5.41) is 0. The predicted octanol–water partition coefficient (Wildman–Crippen LogP) is 2.01. The number of nitrogens with two attached hydrogens (primary N) is 1. The summed E-state index contributed by atoms with van der Waals surface area (Å²) >= 11 is 0. The van der Waals surface area contributed by atoms with Crippen molar-refractivity contribution in [1.29, 1.82) is 0 Å². The second-order valence-electron chi connectivity index (χ2n) is 4.86. The van der Waals surface area contributed by atoms with E-state index in [-0.39, 0.29) is 11.5 Å². The zero-order chi connectivity index (χ0) is 12.5. The standard InChI is InChI=1S/C13H20N2O2/c1-13(6-7-13)12(15-14)10-5-4-9(16-2)8-11(10)17-3/h4-5,8,12,15H,6-7,14H2,1-3H3. The van der Waals surface area contributed by atoms with Gasteiger partial charge in [0.1, 0.15) is 11.5 Å². The number of methoxy groups -OCH3 is 2. The molecule has 1 aliphatic rings. The monoisotopic (exact) mass is 236 g/mol. The first-order chi connectivity index (χ1) is 8.14. The number of ether oxygens (including phenoxy) is 2. The summed E-state index contributed by atoms with van der Waals surface area (Å²) in [6, 6.07) is 5.98. The van der Waals surface area contributed by atoms with Crippen molar-refractivity contribution in [3.05, 3.63) is 23.8 Å². The van der Waals surface area contributed by atoms with Crippen molar-refractivity contribution in [1.82, 2.24) is 5.43 Å².